The molecule has 1 atom stereocenters. The number of nitrogens with two attached hydrogens (primary N) is 1. The van der Waals surface area contributed by atoms with E-state index >= 15 is 0 Å². The summed E-state index contributed by atoms with van der Waals surface area (Å²) < 4.78 is 0. The van der Waals surface area contributed by atoms with Gasteiger partial charge in [0.15, 0.2) is 0 Å². The highest BCUT2D eigenvalue weighted by Crippen LogP contribution is 2.04. The van der Waals surface area contributed by atoms with Crippen molar-refractivity contribution in [1.29, 1.82) is 0 Å². The van der Waals surface area contributed by atoms with Gasteiger partial charge in [0.05, 0.1) is 6.04 Å². The average molecular weight is 171 g/mol. The van der Waals surface area contributed by atoms with E-state index < -0.39 is 0 Å². The lowest BCUT2D eigenvalue weighted by molar-refractivity contribution is -0.120. The molecule has 0 amide bonds. The lowest BCUT2D eigenvalue weighted by Gasteiger charge is -2.06. The monoisotopic (exact) mass is 171 g/mol. The van der Waals surface area contributed by atoms with Crippen LogP contribution in [0.4, 0.5) is 0 Å². The maximum absolute atomic E-state index is 11.2. The average Bonchev–Trinajstić information content (AvgIpc) is 2.10. The predicted octanol–water partition coefficient (Wildman–Crippen LogP) is 2.26. The summed E-state index contributed by atoms with van der Waals surface area (Å²) in [5, 5.41) is 0. The van der Waals surface area contributed by atoms with Crippen LogP contribution < -0.4 is 5.73 Å². The number of unbranched alkanes of at least 4 members (excludes halogenated alkanes) is 3. The molecule has 2 heteroatoms. The van der Waals surface area contributed by atoms with Gasteiger partial charge < -0.3 is 5.73 Å². The third kappa shape index (κ3) is 5.30. The van der Waals surface area contributed by atoms with Gasteiger partial charge in [-0.05, 0) is 12.8 Å². The zero-order valence-corrected chi connectivity index (χ0v) is 8.31. The van der Waals surface area contributed by atoms with Gasteiger partial charge in [0.2, 0.25) is 0 Å². The number of ketones is 1. The maximum Gasteiger partial charge on any atom is 0.149 e. The zero-order valence-electron chi connectivity index (χ0n) is 8.31. The van der Waals surface area contributed by atoms with Crippen molar-refractivity contribution in [2.24, 2.45) is 5.73 Å². The van der Waals surface area contributed by atoms with Crippen LogP contribution in [0.15, 0.2) is 0 Å². The lowest BCUT2D eigenvalue weighted by atomic mass is 10.0. The van der Waals surface area contributed by atoms with Crippen molar-refractivity contribution in [3.05, 3.63) is 0 Å². The van der Waals surface area contributed by atoms with Crippen molar-refractivity contribution >= 4 is 5.78 Å². The van der Waals surface area contributed by atoms with E-state index in [1.165, 1.54) is 19.3 Å². The quantitative estimate of drug-likeness (QED) is 0.597. The van der Waals surface area contributed by atoms with Gasteiger partial charge in [0.25, 0.3) is 0 Å². The van der Waals surface area contributed by atoms with Crippen molar-refractivity contribution in [3.63, 3.8) is 0 Å². The van der Waals surface area contributed by atoms with E-state index in [1.807, 2.05) is 6.92 Å². The second kappa shape index (κ2) is 7.29. The molecular weight excluding hydrogens is 150 g/mol. The highest BCUT2D eigenvalue weighted by atomic mass is 16.1. The van der Waals surface area contributed by atoms with Gasteiger partial charge in [-0.15, -0.1) is 0 Å². The molecule has 0 aliphatic rings. The summed E-state index contributed by atoms with van der Waals surface area (Å²) in [5.74, 6) is 0.230. The van der Waals surface area contributed by atoms with E-state index in [-0.39, 0.29) is 11.8 Å². The molecule has 0 heterocycles. The van der Waals surface area contributed by atoms with Crippen molar-refractivity contribution in [1.82, 2.24) is 0 Å². The van der Waals surface area contributed by atoms with Gasteiger partial charge in [-0.1, -0.05) is 33.1 Å². The molecule has 2 nitrogen and oxygen atoms in total. The van der Waals surface area contributed by atoms with Crippen LogP contribution in [0.1, 0.15) is 52.4 Å². The van der Waals surface area contributed by atoms with Crippen LogP contribution in [-0.4, -0.2) is 11.8 Å². The first-order valence-corrected chi connectivity index (χ1v) is 5.00. The molecule has 0 aromatic rings. The third-order valence-corrected chi connectivity index (χ3v) is 2.13. The molecule has 0 aromatic heterocycles. The Hall–Kier alpha value is -0.370. The van der Waals surface area contributed by atoms with E-state index in [4.69, 9.17) is 5.73 Å². The minimum absolute atomic E-state index is 0.216. The Morgan fingerprint density at radius 2 is 1.92 bits per heavy atom. The minimum Gasteiger partial charge on any atom is -0.322 e. The number of carbonyl (C=O) groups is 1. The Labute approximate surface area is 75.5 Å². The fourth-order valence-electron chi connectivity index (χ4n) is 1.14. The van der Waals surface area contributed by atoms with Gasteiger partial charge in [0, 0.05) is 6.42 Å². The van der Waals surface area contributed by atoms with Crippen molar-refractivity contribution in [2.45, 2.75) is 58.4 Å². The van der Waals surface area contributed by atoms with Crippen LogP contribution in [0.25, 0.3) is 0 Å². The topological polar surface area (TPSA) is 43.1 Å². The summed E-state index contributed by atoms with van der Waals surface area (Å²) in [7, 11) is 0. The molecule has 0 saturated carbocycles. The van der Waals surface area contributed by atoms with E-state index in [0.717, 1.165) is 12.8 Å². The predicted molar refractivity (Wildman–Crippen MR) is 52.0 cm³/mol. The number of Topliss-reactive ketones (excluding diaryl/α,β-unsaturated/α-hetero) is 1. The zero-order chi connectivity index (χ0) is 9.40. The molecular formula is C10H21NO. The van der Waals surface area contributed by atoms with Gasteiger partial charge in [-0.25, -0.2) is 0 Å². The Bertz CT molecular complexity index is 123. The molecule has 0 aliphatic heterocycles. The molecule has 12 heavy (non-hydrogen) atoms. The first-order valence-electron chi connectivity index (χ1n) is 5.00. The summed E-state index contributed by atoms with van der Waals surface area (Å²) in [6.07, 6.45) is 6.07. The third-order valence-electron chi connectivity index (χ3n) is 2.13. The molecule has 0 spiro atoms. The molecule has 0 rings (SSSR count). The molecule has 0 radical (unpaired) electrons. The first-order chi connectivity index (χ1) is 5.72. The van der Waals surface area contributed by atoms with Crippen LogP contribution >= 0.6 is 0 Å². The fourth-order valence-corrected chi connectivity index (χ4v) is 1.14. The maximum atomic E-state index is 11.2. The molecule has 1 unspecified atom stereocenters. The lowest BCUT2D eigenvalue weighted by Crippen LogP contribution is -2.29. The molecule has 0 fully saturated rings. The highest BCUT2D eigenvalue weighted by molar-refractivity contribution is 5.83. The molecule has 0 saturated heterocycles. The van der Waals surface area contributed by atoms with E-state index in [9.17, 15) is 4.79 Å². The summed E-state index contributed by atoms with van der Waals surface area (Å²) in [6, 6.07) is -0.216. The van der Waals surface area contributed by atoms with Crippen LogP contribution in [-0.2, 0) is 4.79 Å². The highest BCUT2D eigenvalue weighted by Gasteiger charge is 2.09. The van der Waals surface area contributed by atoms with Gasteiger partial charge in [-0.2, -0.15) is 0 Å². The Kier molecular flexibility index (Phi) is 7.06. The van der Waals surface area contributed by atoms with E-state index in [0.29, 0.717) is 6.42 Å². The smallest absolute Gasteiger partial charge is 0.149 e. The number of hydrogen-bond donors (Lipinski definition) is 1. The Balaban J connectivity index is 3.31. The summed E-state index contributed by atoms with van der Waals surface area (Å²) in [5.41, 5.74) is 5.58. The number of rotatable bonds is 7. The summed E-state index contributed by atoms with van der Waals surface area (Å²) in [4.78, 5) is 11.2. The Morgan fingerprint density at radius 3 is 2.42 bits per heavy atom. The van der Waals surface area contributed by atoms with Gasteiger partial charge >= 0.3 is 0 Å². The second-order valence-electron chi connectivity index (χ2n) is 3.29. The van der Waals surface area contributed by atoms with Crippen molar-refractivity contribution in [2.75, 3.05) is 0 Å². The van der Waals surface area contributed by atoms with Gasteiger partial charge in [0.1, 0.15) is 5.78 Å². The standard InChI is InChI=1S/C10H21NO/c1-3-5-6-7-8-10(12)9(11)4-2/h9H,3-8,11H2,1-2H3. The van der Waals surface area contributed by atoms with Gasteiger partial charge in [-0.3, -0.25) is 4.79 Å². The molecule has 0 aromatic carbocycles. The largest absolute Gasteiger partial charge is 0.322 e. The van der Waals surface area contributed by atoms with Crippen LogP contribution in [0, 0.1) is 0 Å². The molecule has 0 aliphatic carbocycles. The normalized spacial score (nSPS) is 12.9. The van der Waals surface area contributed by atoms with Crippen molar-refractivity contribution in [3.8, 4) is 0 Å². The van der Waals surface area contributed by atoms with Crippen LogP contribution in [0.5, 0.6) is 0 Å². The first kappa shape index (κ1) is 11.6. The minimum atomic E-state index is -0.216. The fraction of sp³-hybridized carbons (Fsp3) is 0.900. The summed E-state index contributed by atoms with van der Waals surface area (Å²) in [6.45, 7) is 4.12. The molecule has 0 bridgehead atoms. The molecule has 2 N–H and O–H groups in total. The Morgan fingerprint density at radius 1 is 1.25 bits per heavy atom. The van der Waals surface area contributed by atoms with Crippen molar-refractivity contribution < 1.29 is 4.79 Å². The summed E-state index contributed by atoms with van der Waals surface area (Å²) >= 11 is 0. The molecule has 72 valence electrons. The van der Waals surface area contributed by atoms with Crippen LogP contribution in [0.3, 0.4) is 0 Å². The SMILES string of the molecule is CCCCCCC(=O)C(N)CC. The van der Waals surface area contributed by atoms with Crippen LogP contribution in [0.2, 0.25) is 0 Å². The van der Waals surface area contributed by atoms with E-state index in [2.05, 4.69) is 6.92 Å². The number of carbonyl (C=O) groups excluding carboxylic acids is 1. The number of hydrogen-bond acceptors (Lipinski definition) is 2. The van der Waals surface area contributed by atoms with E-state index in [1.54, 1.807) is 0 Å². The second-order valence-corrected chi connectivity index (χ2v) is 3.29.